The van der Waals surface area contributed by atoms with Gasteiger partial charge in [0.15, 0.2) is 0 Å². The van der Waals surface area contributed by atoms with Crippen LogP contribution in [0, 0.1) is 0 Å². The van der Waals surface area contributed by atoms with E-state index in [0.717, 1.165) is 0 Å². The van der Waals surface area contributed by atoms with Gasteiger partial charge in [0.25, 0.3) is 0 Å². The van der Waals surface area contributed by atoms with E-state index in [1.54, 1.807) is 0 Å². The summed E-state index contributed by atoms with van der Waals surface area (Å²) in [5, 5.41) is 23.7. The number of hydrogen-bond acceptors (Lipinski definition) is 8. The lowest BCUT2D eigenvalue weighted by Gasteiger charge is -2.23. The average Bonchev–Trinajstić information content (AvgIpc) is 2.59. The molecule has 4 amide bonds. The minimum Gasteiger partial charge on any atom is -0.481 e. The summed E-state index contributed by atoms with van der Waals surface area (Å²) in [4.78, 5) is 68.3. The summed E-state index contributed by atoms with van der Waals surface area (Å²) < 4.78 is 0. The van der Waals surface area contributed by atoms with Gasteiger partial charge in [0.1, 0.15) is 18.6 Å². The molecule has 158 valence electrons. The molecule has 0 aliphatic rings. The van der Waals surface area contributed by atoms with Crippen LogP contribution < -0.4 is 27.4 Å². The number of nitrogens with one attached hydrogen (secondary N) is 3. The summed E-state index contributed by atoms with van der Waals surface area (Å²) in [6, 6.07) is -4.01. The Labute approximate surface area is 165 Å². The normalized spacial score (nSPS) is 13.5. The van der Waals surface area contributed by atoms with Crippen molar-refractivity contribution in [3.63, 3.8) is 0 Å². The van der Waals surface area contributed by atoms with Crippen molar-refractivity contribution in [1.29, 1.82) is 0 Å². The van der Waals surface area contributed by atoms with Crippen molar-refractivity contribution in [2.75, 3.05) is 12.3 Å². The summed E-state index contributed by atoms with van der Waals surface area (Å²) >= 11 is 3.90. The van der Waals surface area contributed by atoms with Gasteiger partial charge in [0, 0.05) is 12.2 Å². The topological polar surface area (TPSA) is 231 Å². The Morgan fingerprint density at radius 3 is 1.93 bits per heavy atom. The van der Waals surface area contributed by atoms with Crippen molar-refractivity contribution in [2.45, 2.75) is 37.4 Å². The van der Waals surface area contributed by atoms with Crippen molar-refractivity contribution in [2.24, 2.45) is 11.5 Å². The quantitative estimate of drug-likeness (QED) is 0.136. The van der Waals surface area contributed by atoms with E-state index in [1.165, 1.54) is 0 Å². The second kappa shape index (κ2) is 12.5. The van der Waals surface area contributed by atoms with Crippen molar-refractivity contribution in [3.05, 3.63) is 0 Å². The zero-order valence-electron chi connectivity index (χ0n) is 14.7. The maximum absolute atomic E-state index is 12.4. The van der Waals surface area contributed by atoms with Crippen LogP contribution in [0.4, 0.5) is 0 Å². The molecule has 0 aliphatic carbocycles. The third-order valence-corrected chi connectivity index (χ3v) is 3.64. The predicted molar refractivity (Wildman–Crippen MR) is 97.0 cm³/mol. The number of rotatable bonds is 13. The van der Waals surface area contributed by atoms with E-state index in [2.05, 4.69) is 28.6 Å². The van der Waals surface area contributed by atoms with Gasteiger partial charge in [-0.15, -0.1) is 0 Å². The van der Waals surface area contributed by atoms with Gasteiger partial charge < -0.3 is 37.6 Å². The highest BCUT2D eigenvalue weighted by molar-refractivity contribution is 7.80. The number of nitrogens with two attached hydrogens (primary N) is 2. The Bertz CT molecular complexity index is 629. The number of carboxylic acids is 2. The fraction of sp³-hybridized carbons (Fsp3) is 0.571. The number of thiol groups is 1. The molecular formula is C14H23N5O8S. The molecule has 0 rings (SSSR count). The maximum Gasteiger partial charge on any atom is 0.322 e. The molecule has 0 aliphatic heterocycles. The summed E-state index contributed by atoms with van der Waals surface area (Å²) in [5.74, 6) is -6.24. The highest BCUT2D eigenvalue weighted by Crippen LogP contribution is 2.01. The molecule has 0 saturated heterocycles. The molecule has 0 radical (unpaired) electrons. The van der Waals surface area contributed by atoms with E-state index < -0.39 is 66.7 Å². The molecule has 28 heavy (non-hydrogen) atoms. The minimum absolute atomic E-state index is 0.188. The standard InChI is InChI=1S/C14H23N5O8S/c15-6(3-10(21)22)12(25)18-7(1-2-9(16)20)14(27)19-8(5-28)13(26)17-4-11(23)24/h6-8,28H,1-5,15H2,(H2,16,20)(H,17,26)(H,18,25)(H,19,27)(H,21,22)(H,23,24). The Hall–Kier alpha value is -2.87. The predicted octanol–water partition coefficient (Wildman–Crippen LogP) is -3.85. The Kier molecular flexibility index (Phi) is 11.2. The van der Waals surface area contributed by atoms with Crippen LogP contribution in [0.25, 0.3) is 0 Å². The van der Waals surface area contributed by atoms with Crippen LogP contribution in [0.5, 0.6) is 0 Å². The molecule has 9 N–H and O–H groups in total. The van der Waals surface area contributed by atoms with Crippen LogP contribution in [-0.4, -0.2) is 76.2 Å². The molecular weight excluding hydrogens is 398 g/mol. The van der Waals surface area contributed by atoms with E-state index in [0.29, 0.717) is 0 Å². The van der Waals surface area contributed by atoms with Gasteiger partial charge in [0.05, 0.1) is 12.5 Å². The largest absolute Gasteiger partial charge is 0.481 e. The number of carbonyl (C=O) groups is 6. The third-order valence-electron chi connectivity index (χ3n) is 3.27. The summed E-state index contributed by atoms with van der Waals surface area (Å²) in [6.45, 7) is -0.676. The van der Waals surface area contributed by atoms with Crippen molar-refractivity contribution in [1.82, 2.24) is 16.0 Å². The molecule has 0 heterocycles. The first-order valence-electron chi connectivity index (χ1n) is 7.94. The van der Waals surface area contributed by atoms with Gasteiger partial charge >= 0.3 is 11.9 Å². The van der Waals surface area contributed by atoms with Gasteiger partial charge in [-0.2, -0.15) is 12.6 Å². The molecule has 0 aromatic carbocycles. The number of amides is 4. The van der Waals surface area contributed by atoms with Crippen LogP contribution in [0.2, 0.25) is 0 Å². The van der Waals surface area contributed by atoms with E-state index in [4.69, 9.17) is 21.7 Å². The lowest BCUT2D eigenvalue weighted by molar-refractivity contribution is -0.139. The van der Waals surface area contributed by atoms with Gasteiger partial charge in [-0.3, -0.25) is 28.8 Å². The minimum atomic E-state index is -1.44. The van der Waals surface area contributed by atoms with Gasteiger partial charge in [-0.25, -0.2) is 0 Å². The monoisotopic (exact) mass is 421 g/mol. The zero-order chi connectivity index (χ0) is 21.9. The first-order valence-corrected chi connectivity index (χ1v) is 8.57. The first kappa shape index (κ1) is 25.1. The molecule has 3 atom stereocenters. The smallest absolute Gasteiger partial charge is 0.322 e. The molecule has 0 aromatic rings. The van der Waals surface area contributed by atoms with E-state index in [9.17, 15) is 28.8 Å². The number of carboxylic acid groups (broad SMARTS) is 2. The SMILES string of the molecule is NC(=O)CCC(NC(=O)C(N)CC(=O)O)C(=O)NC(CS)C(=O)NCC(=O)O. The highest BCUT2D eigenvalue weighted by Gasteiger charge is 2.28. The van der Waals surface area contributed by atoms with E-state index >= 15 is 0 Å². The molecule has 13 nitrogen and oxygen atoms in total. The highest BCUT2D eigenvalue weighted by atomic mass is 32.1. The van der Waals surface area contributed by atoms with Crippen molar-refractivity contribution < 1.29 is 39.0 Å². The number of primary amides is 1. The number of aliphatic carboxylic acids is 2. The summed E-state index contributed by atoms with van der Waals surface area (Å²) in [6.07, 6.45) is -1.21. The Balaban J connectivity index is 5.09. The van der Waals surface area contributed by atoms with Crippen LogP contribution in [0.15, 0.2) is 0 Å². The van der Waals surface area contributed by atoms with Crippen molar-refractivity contribution in [3.8, 4) is 0 Å². The number of hydrogen-bond donors (Lipinski definition) is 8. The van der Waals surface area contributed by atoms with Crippen LogP contribution in [0.1, 0.15) is 19.3 Å². The molecule has 14 heteroatoms. The second-order valence-corrected chi connectivity index (χ2v) is 5.99. The fourth-order valence-corrected chi connectivity index (χ4v) is 2.12. The summed E-state index contributed by atoms with van der Waals surface area (Å²) in [7, 11) is 0. The lowest BCUT2D eigenvalue weighted by atomic mass is 10.1. The Morgan fingerprint density at radius 2 is 1.46 bits per heavy atom. The number of carbonyl (C=O) groups excluding carboxylic acids is 4. The van der Waals surface area contributed by atoms with Crippen LogP contribution in [0.3, 0.4) is 0 Å². The van der Waals surface area contributed by atoms with Crippen LogP contribution in [-0.2, 0) is 28.8 Å². The molecule has 0 saturated carbocycles. The fourth-order valence-electron chi connectivity index (χ4n) is 1.87. The molecule has 0 spiro atoms. The molecule has 3 unspecified atom stereocenters. The van der Waals surface area contributed by atoms with E-state index in [1.807, 2.05) is 0 Å². The van der Waals surface area contributed by atoms with Gasteiger partial charge in [0.2, 0.25) is 23.6 Å². The summed E-state index contributed by atoms with van der Waals surface area (Å²) in [5.41, 5.74) is 10.4. The first-order chi connectivity index (χ1) is 13.0. The maximum atomic E-state index is 12.4. The van der Waals surface area contributed by atoms with Gasteiger partial charge in [-0.05, 0) is 6.42 Å². The Morgan fingerprint density at radius 1 is 0.893 bits per heavy atom. The average molecular weight is 421 g/mol. The van der Waals surface area contributed by atoms with E-state index in [-0.39, 0.29) is 18.6 Å². The zero-order valence-corrected chi connectivity index (χ0v) is 15.6. The molecule has 0 fully saturated rings. The lowest BCUT2D eigenvalue weighted by Crippen LogP contribution is -2.56. The second-order valence-electron chi connectivity index (χ2n) is 5.63. The molecule has 0 aromatic heterocycles. The molecule has 0 bridgehead atoms. The van der Waals surface area contributed by atoms with Crippen molar-refractivity contribution >= 4 is 48.2 Å². The van der Waals surface area contributed by atoms with Crippen LogP contribution >= 0.6 is 12.6 Å². The van der Waals surface area contributed by atoms with Gasteiger partial charge in [-0.1, -0.05) is 0 Å². The third kappa shape index (κ3) is 10.3.